The molecule has 1 fully saturated rings. The van der Waals surface area contributed by atoms with E-state index in [1.165, 1.54) is 44.4 Å². The van der Waals surface area contributed by atoms with Crippen LogP contribution in [0.4, 0.5) is 11.5 Å². The Morgan fingerprint density at radius 1 is 1.17 bits per heavy atom. The number of anilines is 2. The summed E-state index contributed by atoms with van der Waals surface area (Å²) in [5.41, 5.74) is 2.11. The Balaban J connectivity index is 1.49. The number of benzene rings is 1. The zero-order valence-electron chi connectivity index (χ0n) is 16.9. The summed E-state index contributed by atoms with van der Waals surface area (Å²) in [4.78, 5) is 26.5. The van der Waals surface area contributed by atoms with E-state index in [2.05, 4.69) is 27.5 Å². The highest BCUT2D eigenvalue weighted by Crippen LogP contribution is 2.20. The first-order chi connectivity index (χ1) is 14.0. The van der Waals surface area contributed by atoms with E-state index in [4.69, 9.17) is 9.26 Å². The SMILES string of the molecule is Cc1cc(NC(=O)[C@@H](C)OC(=O)/C=C/c2ccc(N3CCCCCC3)cc2)no1. The zero-order chi connectivity index (χ0) is 20.6. The molecule has 1 aromatic carbocycles. The largest absolute Gasteiger partial charge is 0.449 e. The highest BCUT2D eigenvalue weighted by atomic mass is 16.5. The zero-order valence-corrected chi connectivity index (χ0v) is 16.9. The van der Waals surface area contributed by atoms with Gasteiger partial charge in [-0.1, -0.05) is 30.1 Å². The number of aromatic nitrogens is 1. The molecule has 29 heavy (non-hydrogen) atoms. The Kier molecular flexibility index (Phi) is 7.05. The van der Waals surface area contributed by atoms with Crippen LogP contribution < -0.4 is 10.2 Å². The number of nitrogens with zero attached hydrogens (tertiary/aromatic N) is 2. The molecule has 154 valence electrons. The Hall–Kier alpha value is -3.09. The molecule has 1 aliphatic heterocycles. The number of hydrogen-bond acceptors (Lipinski definition) is 6. The van der Waals surface area contributed by atoms with Gasteiger partial charge >= 0.3 is 5.97 Å². The molecular weight excluding hydrogens is 370 g/mol. The Morgan fingerprint density at radius 3 is 2.48 bits per heavy atom. The van der Waals surface area contributed by atoms with Gasteiger partial charge in [0.1, 0.15) is 5.76 Å². The van der Waals surface area contributed by atoms with Crippen molar-refractivity contribution in [3.05, 3.63) is 47.7 Å². The number of carbonyl (C=O) groups is 2. The predicted molar refractivity (Wildman–Crippen MR) is 112 cm³/mol. The molecule has 7 heteroatoms. The number of rotatable bonds is 6. The quantitative estimate of drug-likeness (QED) is 0.587. The van der Waals surface area contributed by atoms with E-state index in [-0.39, 0.29) is 5.82 Å². The molecule has 1 N–H and O–H groups in total. The van der Waals surface area contributed by atoms with Gasteiger partial charge in [-0.25, -0.2) is 4.79 Å². The van der Waals surface area contributed by atoms with Crippen molar-refractivity contribution in [1.82, 2.24) is 5.16 Å². The molecule has 2 aromatic rings. The number of aryl methyl sites for hydroxylation is 1. The van der Waals surface area contributed by atoms with Crippen LogP contribution in [0.1, 0.15) is 43.9 Å². The summed E-state index contributed by atoms with van der Waals surface area (Å²) in [6.07, 6.45) is 7.12. The van der Waals surface area contributed by atoms with Gasteiger partial charge in [0.15, 0.2) is 11.9 Å². The Labute approximate surface area is 170 Å². The van der Waals surface area contributed by atoms with E-state index in [0.29, 0.717) is 5.76 Å². The van der Waals surface area contributed by atoms with Crippen LogP contribution in [0, 0.1) is 6.92 Å². The first-order valence-corrected chi connectivity index (χ1v) is 9.99. The molecule has 7 nitrogen and oxygen atoms in total. The summed E-state index contributed by atoms with van der Waals surface area (Å²) < 4.78 is 10.0. The molecule has 0 radical (unpaired) electrons. The summed E-state index contributed by atoms with van der Waals surface area (Å²) in [6, 6.07) is 9.69. The van der Waals surface area contributed by atoms with Gasteiger partial charge in [-0.2, -0.15) is 0 Å². The van der Waals surface area contributed by atoms with E-state index in [0.717, 1.165) is 18.7 Å². The van der Waals surface area contributed by atoms with Crippen LogP contribution in [0.15, 0.2) is 40.9 Å². The molecule has 0 saturated carbocycles. The topological polar surface area (TPSA) is 84.7 Å². The smallest absolute Gasteiger partial charge is 0.331 e. The first kappa shape index (κ1) is 20.6. The predicted octanol–water partition coefficient (Wildman–Crippen LogP) is 3.95. The van der Waals surface area contributed by atoms with Crippen molar-refractivity contribution in [2.75, 3.05) is 23.3 Å². The minimum atomic E-state index is -0.949. The second-order valence-electron chi connectivity index (χ2n) is 7.22. The summed E-state index contributed by atoms with van der Waals surface area (Å²) in [6.45, 7) is 5.41. The van der Waals surface area contributed by atoms with Crippen LogP contribution in [0.2, 0.25) is 0 Å². The summed E-state index contributed by atoms with van der Waals surface area (Å²) in [7, 11) is 0. The fourth-order valence-electron chi connectivity index (χ4n) is 3.21. The molecule has 0 bridgehead atoms. The normalized spacial score (nSPS) is 15.7. The molecule has 1 atom stereocenters. The van der Waals surface area contributed by atoms with Crippen LogP contribution in [0.25, 0.3) is 6.08 Å². The molecule has 3 rings (SSSR count). The maximum atomic E-state index is 12.0. The molecule has 2 heterocycles. The van der Waals surface area contributed by atoms with Crippen LogP contribution in [0.5, 0.6) is 0 Å². The number of hydrogen-bond donors (Lipinski definition) is 1. The third-order valence-electron chi connectivity index (χ3n) is 4.82. The van der Waals surface area contributed by atoms with E-state index in [1.54, 1.807) is 19.1 Å². The lowest BCUT2D eigenvalue weighted by atomic mass is 10.1. The Bertz CT molecular complexity index is 849. The second-order valence-corrected chi connectivity index (χ2v) is 7.22. The molecule has 0 spiro atoms. The molecular formula is C22H27N3O4. The summed E-state index contributed by atoms with van der Waals surface area (Å²) in [5, 5.41) is 6.21. The average molecular weight is 397 g/mol. The number of ether oxygens (including phenoxy) is 1. The summed E-state index contributed by atoms with van der Waals surface area (Å²) in [5.74, 6) is -0.187. The van der Waals surface area contributed by atoms with Crippen molar-refractivity contribution in [2.45, 2.75) is 45.6 Å². The van der Waals surface area contributed by atoms with Crippen LogP contribution in [0.3, 0.4) is 0 Å². The van der Waals surface area contributed by atoms with Crippen molar-refractivity contribution >= 4 is 29.5 Å². The molecule has 1 aliphatic rings. The third-order valence-corrected chi connectivity index (χ3v) is 4.82. The maximum Gasteiger partial charge on any atom is 0.331 e. The van der Waals surface area contributed by atoms with E-state index in [9.17, 15) is 9.59 Å². The minimum absolute atomic E-state index is 0.287. The van der Waals surface area contributed by atoms with Crippen LogP contribution in [-0.4, -0.2) is 36.2 Å². The number of amides is 1. The van der Waals surface area contributed by atoms with Crippen molar-refractivity contribution in [1.29, 1.82) is 0 Å². The Morgan fingerprint density at radius 2 is 1.86 bits per heavy atom. The van der Waals surface area contributed by atoms with Gasteiger partial charge in [-0.15, -0.1) is 0 Å². The molecule has 0 unspecified atom stereocenters. The number of nitrogens with one attached hydrogen (secondary N) is 1. The highest BCUT2D eigenvalue weighted by molar-refractivity contribution is 5.96. The van der Waals surface area contributed by atoms with Crippen molar-refractivity contribution in [3.8, 4) is 0 Å². The lowest BCUT2D eigenvalue weighted by Gasteiger charge is -2.22. The van der Waals surface area contributed by atoms with Crippen LogP contribution in [-0.2, 0) is 14.3 Å². The van der Waals surface area contributed by atoms with E-state index in [1.807, 2.05) is 12.1 Å². The third kappa shape index (κ3) is 6.20. The fourth-order valence-corrected chi connectivity index (χ4v) is 3.21. The van der Waals surface area contributed by atoms with E-state index >= 15 is 0 Å². The number of carbonyl (C=O) groups excluding carboxylic acids is 2. The van der Waals surface area contributed by atoms with Crippen molar-refractivity contribution in [3.63, 3.8) is 0 Å². The second kappa shape index (κ2) is 9.91. The molecule has 1 amide bonds. The van der Waals surface area contributed by atoms with Gasteiger partial charge in [-0.05, 0) is 50.5 Å². The van der Waals surface area contributed by atoms with Gasteiger partial charge in [0, 0.05) is 30.9 Å². The van der Waals surface area contributed by atoms with Crippen molar-refractivity contribution in [2.24, 2.45) is 0 Å². The minimum Gasteiger partial charge on any atom is -0.449 e. The van der Waals surface area contributed by atoms with Crippen molar-refractivity contribution < 1.29 is 18.8 Å². The molecule has 1 saturated heterocycles. The highest BCUT2D eigenvalue weighted by Gasteiger charge is 2.18. The van der Waals surface area contributed by atoms with Gasteiger partial charge in [0.05, 0.1) is 0 Å². The average Bonchev–Trinajstić information content (AvgIpc) is 2.95. The monoisotopic (exact) mass is 397 g/mol. The fraction of sp³-hybridized carbons (Fsp3) is 0.409. The van der Waals surface area contributed by atoms with Gasteiger partial charge in [0.2, 0.25) is 0 Å². The van der Waals surface area contributed by atoms with Gasteiger partial charge in [0.25, 0.3) is 5.91 Å². The lowest BCUT2D eigenvalue weighted by molar-refractivity contribution is -0.148. The number of esters is 1. The standard InChI is InChI=1S/C22H27N3O4/c1-16-15-20(24-29-16)23-22(27)17(2)28-21(26)12-9-18-7-10-19(11-8-18)25-13-5-3-4-6-14-25/h7-12,15,17H,3-6,13-14H2,1-2H3,(H,23,24,27)/b12-9+/t17-/m1/s1. The maximum absolute atomic E-state index is 12.0. The van der Waals surface area contributed by atoms with Crippen LogP contribution >= 0.6 is 0 Å². The van der Waals surface area contributed by atoms with E-state index < -0.39 is 18.0 Å². The van der Waals surface area contributed by atoms with Gasteiger partial charge < -0.3 is 19.5 Å². The molecule has 0 aliphatic carbocycles. The lowest BCUT2D eigenvalue weighted by Crippen LogP contribution is -2.29. The summed E-state index contributed by atoms with van der Waals surface area (Å²) >= 11 is 0. The molecule has 1 aromatic heterocycles. The first-order valence-electron chi connectivity index (χ1n) is 9.99. The van der Waals surface area contributed by atoms with Gasteiger partial charge in [-0.3, -0.25) is 4.79 Å².